The van der Waals surface area contributed by atoms with Gasteiger partial charge in [0.05, 0.1) is 17.7 Å². The molecule has 0 aliphatic rings. The van der Waals surface area contributed by atoms with E-state index in [2.05, 4.69) is 10.6 Å². The Morgan fingerprint density at radius 1 is 1.18 bits per heavy atom. The van der Waals surface area contributed by atoms with E-state index in [9.17, 15) is 23.1 Å². The number of carbonyl (C=O) groups is 1. The van der Waals surface area contributed by atoms with Crippen LogP contribution >= 0.6 is 0 Å². The van der Waals surface area contributed by atoms with Crippen LogP contribution in [0.5, 0.6) is 0 Å². The number of amides is 2. The molecule has 22 heavy (non-hydrogen) atoms. The highest BCUT2D eigenvalue weighted by atomic mass is 19.4. The van der Waals surface area contributed by atoms with Gasteiger partial charge in [0, 0.05) is 6.04 Å². The third kappa shape index (κ3) is 5.22. The largest absolute Gasteiger partial charge is 0.416 e. The molecule has 0 aliphatic heterocycles. The number of aliphatic hydroxyl groups is 1. The minimum Gasteiger partial charge on any atom is -0.386 e. The first-order chi connectivity index (χ1) is 10.1. The van der Waals surface area contributed by atoms with Gasteiger partial charge in [0.25, 0.3) is 0 Å². The van der Waals surface area contributed by atoms with E-state index in [-0.39, 0.29) is 6.04 Å². The fraction of sp³-hybridized carbons (Fsp3) is 0.533. The summed E-state index contributed by atoms with van der Waals surface area (Å²) in [5, 5.41) is 15.5. The van der Waals surface area contributed by atoms with Crippen molar-refractivity contribution in [1.29, 1.82) is 0 Å². The van der Waals surface area contributed by atoms with Crippen LogP contribution in [0.1, 0.15) is 44.4 Å². The van der Waals surface area contributed by atoms with E-state index in [1.165, 1.54) is 12.1 Å². The molecule has 0 saturated carbocycles. The molecule has 2 unspecified atom stereocenters. The zero-order chi connectivity index (χ0) is 16.9. The van der Waals surface area contributed by atoms with Crippen molar-refractivity contribution in [2.75, 3.05) is 0 Å². The van der Waals surface area contributed by atoms with Gasteiger partial charge in [-0.2, -0.15) is 13.2 Å². The van der Waals surface area contributed by atoms with Gasteiger partial charge in [-0.15, -0.1) is 0 Å². The van der Waals surface area contributed by atoms with E-state index in [1.54, 1.807) is 20.8 Å². The van der Waals surface area contributed by atoms with E-state index in [1.807, 2.05) is 0 Å². The molecule has 0 saturated heterocycles. The number of hydrogen-bond acceptors (Lipinski definition) is 2. The summed E-state index contributed by atoms with van der Waals surface area (Å²) >= 11 is 0. The average molecular weight is 318 g/mol. The summed E-state index contributed by atoms with van der Waals surface area (Å²) in [4.78, 5) is 11.7. The Hall–Kier alpha value is -1.76. The molecule has 2 amide bonds. The number of rotatable bonds is 5. The molecule has 1 rings (SSSR count). The molecule has 4 nitrogen and oxygen atoms in total. The first-order valence-corrected chi connectivity index (χ1v) is 7.07. The second-order valence-corrected chi connectivity index (χ2v) is 5.35. The van der Waals surface area contributed by atoms with Crippen molar-refractivity contribution in [3.05, 3.63) is 35.4 Å². The Labute approximate surface area is 127 Å². The Balaban J connectivity index is 2.79. The van der Waals surface area contributed by atoms with Crippen molar-refractivity contribution in [3.63, 3.8) is 0 Å². The fourth-order valence-corrected chi connectivity index (χ4v) is 1.98. The molecular formula is C15H21F3N2O2. The van der Waals surface area contributed by atoms with Gasteiger partial charge in [-0.3, -0.25) is 0 Å². The van der Waals surface area contributed by atoms with Crippen molar-refractivity contribution >= 4 is 6.03 Å². The van der Waals surface area contributed by atoms with Gasteiger partial charge in [0.2, 0.25) is 0 Å². The quantitative estimate of drug-likeness (QED) is 0.780. The van der Waals surface area contributed by atoms with Crippen LogP contribution in [0.4, 0.5) is 18.0 Å². The Kier molecular flexibility index (Phi) is 6.22. The molecule has 0 aromatic heterocycles. The van der Waals surface area contributed by atoms with Crippen LogP contribution in [-0.4, -0.2) is 23.2 Å². The lowest BCUT2D eigenvalue weighted by molar-refractivity contribution is -0.137. The first-order valence-electron chi connectivity index (χ1n) is 7.07. The minimum atomic E-state index is -4.41. The van der Waals surface area contributed by atoms with E-state index < -0.39 is 29.9 Å². The monoisotopic (exact) mass is 318 g/mol. The van der Waals surface area contributed by atoms with Crippen molar-refractivity contribution < 1.29 is 23.1 Å². The number of urea groups is 1. The lowest BCUT2D eigenvalue weighted by atomic mass is 9.99. The first kappa shape index (κ1) is 18.3. The molecule has 0 spiro atoms. The highest BCUT2D eigenvalue weighted by molar-refractivity contribution is 5.74. The van der Waals surface area contributed by atoms with Crippen LogP contribution in [-0.2, 0) is 6.18 Å². The molecule has 0 fully saturated rings. The molecule has 124 valence electrons. The summed E-state index contributed by atoms with van der Waals surface area (Å²) in [6, 6.07) is 3.21. The van der Waals surface area contributed by atoms with Crippen molar-refractivity contribution in [2.24, 2.45) is 0 Å². The molecular weight excluding hydrogens is 297 g/mol. The van der Waals surface area contributed by atoms with Gasteiger partial charge in [0.15, 0.2) is 0 Å². The molecule has 0 radical (unpaired) electrons. The summed E-state index contributed by atoms with van der Waals surface area (Å²) in [5.41, 5.74) is -0.452. The van der Waals surface area contributed by atoms with Crippen molar-refractivity contribution in [1.82, 2.24) is 10.6 Å². The topological polar surface area (TPSA) is 61.4 Å². The van der Waals surface area contributed by atoms with Crippen LogP contribution in [0.15, 0.2) is 24.3 Å². The normalized spacial score (nSPS) is 14.5. The number of halogens is 3. The minimum absolute atomic E-state index is 0.0549. The van der Waals surface area contributed by atoms with Gasteiger partial charge in [-0.1, -0.05) is 19.1 Å². The fourth-order valence-electron chi connectivity index (χ4n) is 1.98. The van der Waals surface area contributed by atoms with Crippen LogP contribution in [0, 0.1) is 0 Å². The van der Waals surface area contributed by atoms with E-state index >= 15 is 0 Å². The third-order valence-electron chi connectivity index (χ3n) is 3.14. The van der Waals surface area contributed by atoms with Crippen LogP contribution in [0.25, 0.3) is 0 Å². The summed E-state index contributed by atoms with van der Waals surface area (Å²) in [7, 11) is 0. The number of benzene rings is 1. The second-order valence-electron chi connectivity index (χ2n) is 5.35. The molecule has 1 aromatic rings. The predicted molar refractivity (Wildman–Crippen MR) is 77.3 cm³/mol. The van der Waals surface area contributed by atoms with E-state index in [0.717, 1.165) is 12.1 Å². The average Bonchev–Trinajstić information content (AvgIpc) is 2.42. The summed E-state index contributed by atoms with van der Waals surface area (Å²) in [5.74, 6) is 0. The predicted octanol–water partition coefficient (Wildman–Crippen LogP) is 3.23. The van der Waals surface area contributed by atoms with Crippen LogP contribution in [0.3, 0.4) is 0 Å². The van der Waals surface area contributed by atoms with Crippen LogP contribution in [0.2, 0.25) is 0 Å². The van der Waals surface area contributed by atoms with E-state index in [0.29, 0.717) is 12.0 Å². The van der Waals surface area contributed by atoms with Gasteiger partial charge < -0.3 is 15.7 Å². The van der Waals surface area contributed by atoms with Gasteiger partial charge in [0.1, 0.15) is 0 Å². The molecule has 0 aliphatic carbocycles. The van der Waals surface area contributed by atoms with E-state index in [4.69, 9.17) is 0 Å². The lowest BCUT2D eigenvalue weighted by Crippen LogP contribution is -2.46. The third-order valence-corrected chi connectivity index (χ3v) is 3.14. The Morgan fingerprint density at radius 3 is 2.14 bits per heavy atom. The van der Waals surface area contributed by atoms with Crippen molar-refractivity contribution in [2.45, 2.75) is 51.6 Å². The summed E-state index contributed by atoms with van der Waals surface area (Å²) in [6.07, 6.45) is -5.05. The highest BCUT2D eigenvalue weighted by Crippen LogP contribution is 2.30. The Morgan fingerprint density at radius 2 is 1.73 bits per heavy atom. The van der Waals surface area contributed by atoms with Crippen molar-refractivity contribution in [3.8, 4) is 0 Å². The number of hydrogen-bond donors (Lipinski definition) is 3. The molecule has 1 aromatic carbocycles. The molecule has 0 heterocycles. The van der Waals surface area contributed by atoms with Gasteiger partial charge >= 0.3 is 12.2 Å². The number of alkyl halides is 3. The van der Waals surface area contributed by atoms with Gasteiger partial charge in [-0.25, -0.2) is 4.79 Å². The summed E-state index contributed by atoms with van der Waals surface area (Å²) < 4.78 is 37.5. The second kappa shape index (κ2) is 7.49. The number of nitrogens with one attached hydrogen (secondary N) is 2. The zero-order valence-corrected chi connectivity index (χ0v) is 12.7. The molecule has 2 atom stereocenters. The molecule has 3 N–H and O–H groups in total. The number of aliphatic hydroxyl groups excluding tert-OH is 1. The maximum absolute atomic E-state index is 12.5. The maximum Gasteiger partial charge on any atom is 0.416 e. The number of carbonyl (C=O) groups excluding carboxylic acids is 1. The lowest BCUT2D eigenvalue weighted by Gasteiger charge is -2.24. The smallest absolute Gasteiger partial charge is 0.386 e. The van der Waals surface area contributed by atoms with Crippen LogP contribution < -0.4 is 10.6 Å². The Bertz CT molecular complexity index is 487. The molecule has 7 heteroatoms. The highest BCUT2D eigenvalue weighted by Gasteiger charge is 2.30. The SMILES string of the molecule is CCC(NC(=O)NC(C)C)C(O)c1ccc(C(F)(F)F)cc1. The standard InChI is InChI=1S/C15H21F3N2O2/c1-4-12(20-14(22)19-9(2)3)13(21)10-5-7-11(8-6-10)15(16,17)18/h5-9,12-13,21H,4H2,1-3H3,(H2,19,20,22). The van der Waals surface area contributed by atoms with Gasteiger partial charge in [-0.05, 0) is 38.0 Å². The molecule has 0 bridgehead atoms. The maximum atomic E-state index is 12.5. The zero-order valence-electron chi connectivity index (χ0n) is 12.7. The summed E-state index contributed by atoms with van der Waals surface area (Å²) in [6.45, 7) is 5.37.